The summed E-state index contributed by atoms with van der Waals surface area (Å²) >= 11 is 1.54. The highest BCUT2D eigenvalue weighted by Crippen LogP contribution is 2.06. The van der Waals surface area contributed by atoms with Gasteiger partial charge in [0.1, 0.15) is 17.4 Å². The van der Waals surface area contributed by atoms with Gasteiger partial charge in [0.05, 0.1) is 0 Å². The molecule has 2 rings (SSSR count). The highest BCUT2D eigenvalue weighted by atomic mass is 32.2. The van der Waals surface area contributed by atoms with Crippen LogP contribution >= 0.6 is 11.8 Å². The third-order valence-corrected chi connectivity index (χ3v) is 3.45. The number of carbonyl (C=O) groups is 2. The predicted octanol–water partition coefficient (Wildman–Crippen LogP) is 1.27. The van der Waals surface area contributed by atoms with Gasteiger partial charge in [-0.2, -0.15) is 11.8 Å². The Labute approximate surface area is 120 Å². The highest BCUT2D eigenvalue weighted by molar-refractivity contribution is 7.98. The Bertz CT molecular complexity index is 593. The van der Waals surface area contributed by atoms with Crippen LogP contribution in [0.4, 0.5) is 0 Å². The average molecular weight is 293 g/mol. The molecule has 6 nitrogen and oxygen atoms in total. The summed E-state index contributed by atoms with van der Waals surface area (Å²) in [5.74, 6) is -0.832. The van der Waals surface area contributed by atoms with Crippen molar-refractivity contribution in [2.45, 2.75) is 12.5 Å². The summed E-state index contributed by atoms with van der Waals surface area (Å²) in [6.45, 7) is 0. The van der Waals surface area contributed by atoms with Gasteiger partial charge in [0, 0.05) is 12.4 Å². The third kappa shape index (κ3) is 3.30. The van der Waals surface area contributed by atoms with Crippen LogP contribution in [0.25, 0.3) is 5.65 Å². The smallest absolute Gasteiger partial charge is 0.326 e. The van der Waals surface area contributed by atoms with Crippen LogP contribution in [0.2, 0.25) is 0 Å². The maximum absolute atomic E-state index is 12.0. The van der Waals surface area contributed by atoms with E-state index in [1.54, 1.807) is 22.9 Å². The summed E-state index contributed by atoms with van der Waals surface area (Å²) in [5, 5.41) is 11.6. The number of aromatic nitrogens is 2. The van der Waals surface area contributed by atoms with Crippen LogP contribution in [0.15, 0.2) is 30.6 Å². The molecule has 1 atom stereocenters. The van der Waals surface area contributed by atoms with Crippen molar-refractivity contribution in [3.05, 3.63) is 36.3 Å². The normalized spacial score (nSPS) is 12.2. The summed E-state index contributed by atoms with van der Waals surface area (Å²) in [4.78, 5) is 27.3. The van der Waals surface area contributed by atoms with Crippen LogP contribution in [0.5, 0.6) is 0 Å². The minimum atomic E-state index is -1.03. The second kappa shape index (κ2) is 6.42. The number of pyridine rings is 1. The Morgan fingerprint density at radius 3 is 2.95 bits per heavy atom. The zero-order valence-corrected chi connectivity index (χ0v) is 11.8. The molecule has 20 heavy (non-hydrogen) atoms. The molecule has 1 amide bonds. The van der Waals surface area contributed by atoms with E-state index < -0.39 is 17.9 Å². The minimum absolute atomic E-state index is 0.214. The second-order valence-electron chi connectivity index (χ2n) is 4.24. The number of carboxylic acid groups (broad SMARTS) is 1. The number of rotatable bonds is 6. The molecule has 0 aliphatic carbocycles. The van der Waals surface area contributed by atoms with Crippen molar-refractivity contribution < 1.29 is 14.7 Å². The Morgan fingerprint density at radius 2 is 2.30 bits per heavy atom. The molecule has 2 N–H and O–H groups in total. The van der Waals surface area contributed by atoms with Gasteiger partial charge in [-0.15, -0.1) is 0 Å². The number of hydrogen-bond donors (Lipinski definition) is 2. The number of hydrogen-bond acceptors (Lipinski definition) is 4. The van der Waals surface area contributed by atoms with Gasteiger partial charge in [-0.1, -0.05) is 6.07 Å². The molecule has 0 fully saturated rings. The van der Waals surface area contributed by atoms with Crippen molar-refractivity contribution in [3.63, 3.8) is 0 Å². The van der Waals surface area contributed by atoms with Gasteiger partial charge >= 0.3 is 5.97 Å². The van der Waals surface area contributed by atoms with Crippen molar-refractivity contribution in [2.24, 2.45) is 0 Å². The van der Waals surface area contributed by atoms with Gasteiger partial charge < -0.3 is 14.8 Å². The number of imidazole rings is 1. The van der Waals surface area contributed by atoms with Gasteiger partial charge in [-0.3, -0.25) is 4.79 Å². The van der Waals surface area contributed by atoms with Crippen LogP contribution in [0.3, 0.4) is 0 Å². The van der Waals surface area contributed by atoms with E-state index >= 15 is 0 Å². The number of carbonyl (C=O) groups excluding carboxylic acids is 1. The molecule has 0 saturated heterocycles. The molecule has 0 saturated carbocycles. The first-order valence-electron chi connectivity index (χ1n) is 6.08. The van der Waals surface area contributed by atoms with E-state index in [4.69, 9.17) is 5.11 Å². The van der Waals surface area contributed by atoms with Gasteiger partial charge in [-0.05, 0) is 30.6 Å². The molecule has 0 aliphatic rings. The van der Waals surface area contributed by atoms with Crippen molar-refractivity contribution in [1.82, 2.24) is 14.7 Å². The molecule has 0 aliphatic heterocycles. The number of nitrogens with one attached hydrogen (secondary N) is 1. The molecule has 0 unspecified atom stereocenters. The summed E-state index contributed by atoms with van der Waals surface area (Å²) < 4.78 is 1.71. The monoisotopic (exact) mass is 293 g/mol. The SMILES string of the molecule is CSCC[C@@H](NC(=O)c1cn2ccccc2n1)C(=O)O. The number of nitrogens with zero attached hydrogens (tertiary/aromatic N) is 2. The number of fused-ring (bicyclic) bond motifs is 1. The molecule has 0 spiro atoms. The fourth-order valence-corrected chi connectivity index (χ4v) is 2.24. The Balaban J connectivity index is 2.11. The summed E-state index contributed by atoms with van der Waals surface area (Å²) in [6, 6.07) is 4.54. The van der Waals surface area contributed by atoms with Gasteiger partial charge in [-0.25, -0.2) is 9.78 Å². The van der Waals surface area contributed by atoms with Gasteiger partial charge in [0.2, 0.25) is 0 Å². The zero-order chi connectivity index (χ0) is 14.5. The molecule has 7 heteroatoms. The van der Waals surface area contributed by atoms with E-state index in [2.05, 4.69) is 10.3 Å². The van der Waals surface area contributed by atoms with Crippen LogP contribution in [0, 0.1) is 0 Å². The first-order chi connectivity index (χ1) is 9.61. The first-order valence-corrected chi connectivity index (χ1v) is 7.47. The molecule has 2 aromatic rings. The van der Waals surface area contributed by atoms with E-state index in [1.165, 1.54) is 11.8 Å². The Morgan fingerprint density at radius 1 is 1.50 bits per heavy atom. The molecular formula is C13H15N3O3S. The van der Waals surface area contributed by atoms with E-state index in [0.717, 1.165) is 0 Å². The Kier molecular flexibility index (Phi) is 4.62. The summed E-state index contributed by atoms with van der Waals surface area (Å²) in [6.07, 6.45) is 5.64. The molecule has 0 bridgehead atoms. The summed E-state index contributed by atoms with van der Waals surface area (Å²) in [7, 11) is 0. The molecule has 0 aromatic carbocycles. The second-order valence-corrected chi connectivity index (χ2v) is 5.22. The standard InChI is InChI=1S/C13H15N3O3S/c1-20-7-5-9(13(18)19)15-12(17)10-8-16-6-3-2-4-11(16)14-10/h2-4,6,8-9H,5,7H2,1H3,(H,15,17)(H,18,19)/t9-/m1/s1. The lowest BCUT2D eigenvalue weighted by Gasteiger charge is -2.12. The fourth-order valence-electron chi connectivity index (χ4n) is 1.77. The van der Waals surface area contributed by atoms with Crippen molar-refractivity contribution in [3.8, 4) is 0 Å². The Hall–Kier alpha value is -2.02. The maximum atomic E-state index is 12.0. The number of carboxylic acids is 1. The van der Waals surface area contributed by atoms with Crippen molar-refractivity contribution in [1.29, 1.82) is 0 Å². The fraction of sp³-hybridized carbons (Fsp3) is 0.308. The van der Waals surface area contributed by atoms with Crippen LogP contribution in [-0.4, -0.2) is 44.4 Å². The third-order valence-electron chi connectivity index (χ3n) is 2.81. The average Bonchev–Trinajstić information content (AvgIpc) is 2.86. The highest BCUT2D eigenvalue weighted by Gasteiger charge is 2.21. The lowest BCUT2D eigenvalue weighted by molar-refractivity contribution is -0.139. The molecular weight excluding hydrogens is 278 g/mol. The zero-order valence-electron chi connectivity index (χ0n) is 10.9. The maximum Gasteiger partial charge on any atom is 0.326 e. The quantitative estimate of drug-likeness (QED) is 0.838. The topological polar surface area (TPSA) is 83.7 Å². The van der Waals surface area contributed by atoms with E-state index in [9.17, 15) is 9.59 Å². The van der Waals surface area contributed by atoms with Crippen LogP contribution < -0.4 is 5.32 Å². The van der Waals surface area contributed by atoms with Crippen LogP contribution in [-0.2, 0) is 4.79 Å². The van der Waals surface area contributed by atoms with Gasteiger partial charge in [0.25, 0.3) is 5.91 Å². The molecule has 106 valence electrons. The van der Waals surface area contributed by atoms with Crippen LogP contribution in [0.1, 0.15) is 16.9 Å². The van der Waals surface area contributed by atoms with Crippen molar-refractivity contribution >= 4 is 29.3 Å². The van der Waals surface area contributed by atoms with Gasteiger partial charge in [0.15, 0.2) is 0 Å². The van der Waals surface area contributed by atoms with E-state index in [-0.39, 0.29) is 5.69 Å². The van der Waals surface area contributed by atoms with E-state index in [1.807, 2.05) is 18.4 Å². The minimum Gasteiger partial charge on any atom is -0.480 e. The van der Waals surface area contributed by atoms with Crippen molar-refractivity contribution in [2.75, 3.05) is 12.0 Å². The number of thioether (sulfide) groups is 1. The summed E-state index contributed by atoms with van der Waals surface area (Å²) in [5.41, 5.74) is 0.861. The number of amides is 1. The lowest BCUT2D eigenvalue weighted by Crippen LogP contribution is -2.41. The largest absolute Gasteiger partial charge is 0.480 e. The molecule has 2 aromatic heterocycles. The number of aliphatic carboxylic acids is 1. The van der Waals surface area contributed by atoms with E-state index in [0.29, 0.717) is 17.8 Å². The molecule has 2 heterocycles. The first kappa shape index (κ1) is 14.4. The molecule has 0 radical (unpaired) electrons. The lowest BCUT2D eigenvalue weighted by atomic mass is 10.2. The predicted molar refractivity (Wildman–Crippen MR) is 77.1 cm³/mol.